The van der Waals surface area contributed by atoms with Crippen molar-refractivity contribution in [2.75, 3.05) is 0 Å². The van der Waals surface area contributed by atoms with Gasteiger partial charge in [-0.3, -0.25) is 0 Å². The van der Waals surface area contributed by atoms with Crippen LogP contribution >= 0.6 is 0 Å². The van der Waals surface area contributed by atoms with Crippen LogP contribution in [0.5, 0.6) is 0 Å². The minimum Gasteiger partial charge on any atom is -0.429 e. The highest BCUT2D eigenvalue weighted by molar-refractivity contribution is 6.76. The highest BCUT2D eigenvalue weighted by Gasteiger charge is 2.70. The Hall–Kier alpha value is 0.137. The fourth-order valence-electron chi connectivity index (χ4n) is 4.16. The van der Waals surface area contributed by atoms with Gasteiger partial charge in [0.2, 0.25) is 8.32 Å². The van der Waals surface area contributed by atoms with Gasteiger partial charge in [-0.1, -0.05) is 44.9 Å². The van der Waals surface area contributed by atoms with Gasteiger partial charge < -0.3 is 9.53 Å². The second-order valence-corrected chi connectivity index (χ2v) is 10.2. The number of hydrogen-bond acceptors (Lipinski definition) is 2. The molecule has 3 aliphatic rings. The van der Waals surface area contributed by atoms with Crippen molar-refractivity contribution in [2.45, 2.75) is 81.2 Å². The Morgan fingerprint density at radius 3 is 2.44 bits per heavy atom. The summed E-state index contributed by atoms with van der Waals surface area (Å²) in [7, 11) is -2.17. The molecule has 0 aromatic carbocycles. The van der Waals surface area contributed by atoms with Crippen LogP contribution in [0.15, 0.2) is 0 Å². The van der Waals surface area contributed by atoms with Gasteiger partial charge in [0, 0.05) is 0 Å². The number of ether oxygens (including phenoxy) is 1. The first-order chi connectivity index (χ1) is 7.67. The summed E-state index contributed by atoms with van der Waals surface area (Å²) < 4.78 is 6.00. The molecule has 1 aliphatic heterocycles. The van der Waals surface area contributed by atoms with Gasteiger partial charge in [-0.2, -0.15) is 0 Å². The highest BCUT2D eigenvalue weighted by atomic mass is 28.4. The Balaban J connectivity index is 1.76. The molecule has 0 aromatic heterocycles. The van der Waals surface area contributed by atoms with Crippen molar-refractivity contribution >= 4 is 8.32 Å². The van der Waals surface area contributed by atoms with Crippen molar-refractivity contribution < 1.29 is 9.53 Å². The standard InChI is InChI=1S/C13H24O2Si/c1-16(14,11-7-3-2-4-8-11)13-10-6-5-9-12(13)15-13/h11-12,14H,2-10H2,1H3/t12-,13-,16-/m0/s1. The summed E-state index contributed by atoms with van der Waals surface area (Å²) in [6.07, 6.45) is 11.9. The molecule has 2 saturated carbocycles. The summed E-state index contributed by atoms with van der Waals surface area (Å²) in [5.41, 5.74) is 0.615. The Labute approximate surface area is 99.5 Å². The van der Waals surface area contributed by atoms with E-state index in [1.165, 1.54) is 51.4 Å². The van der Waals surface area contributed by atoms with Crippen LogP contribution in [0.25, 0.3) is 0 Å². The normalized spacial score (nSPS) is 43.5. The molecule has 0 radical (unpaired) electrons. The third kappa shape index (κ3) is 1.51. The summed E-state index contributed by atoms with van der Waals surface area (Å²) >= 11 is 0. The van der Waals surface area contributed by atoms with Gasteiger partial charge in [0.15, 0.2) is 0 Å². The van der Waals surface area contributed by atoms with Crippen molar-refractivity contribution in [1.29, 1.82) is 0 Å². The van der Waals surface area contributed by atoms with E-state index in [4.69, 9.17) is 4.74 Å². The van der Waals surface area contributed by atoms with Gasteiger partial charge in [-0.15, -0.1) is 0 Å². The summed E-state index contributed by atoms with van der Waals surface area (Å²) in [5, 5.41) is -0.00669. The Bertz CT molecular complexity index is 273. The smallest absolute Gasteiger partial charge is 0.223 e. The van der Waals surface area contributed by atoms with Crippen LogP contribution in [0, 0.1) is 0 Å². The molecule has 1 N–H and O–H groups in total. The Morgan fingerprint density at radius 2 is 1.75 bits per heavy atom. The van der Waals surface area contributed by atoms with E-state index in [9.17, 15) is 4.80 Å². The maximum atomic E-state index is 11.1. The average Bonchev–Trinajstić information content (AvgIpc) is 3.06. The first-order valence-electron chi connectivity index (χ1n) is 7.07. The molecule has 0 bridgehead atoms. The predicted molar refractivity (Wildman–Crippen MR) is 66.7 cm³/mol. The summed E-state index contributed by atoms with van der Waals surface area (Å²) in [6, 6.07) is 0. The molecule has 1 heterocycles. The molecule has 0 spiro atoms. The zero-order chi connectivity index (χ0) is 11.2. The second-order valence-electron chi connectivity index (χ2n) is 6.22. The van der Waals surface area contributed by atoms with Gasteiger partial charge in [-0.25, -0.2) is 0 Å². The van der Waals surface area contributed by atoms with Crippen LogP contribution in [-0.2, 0) is 4.74 Å². The molecule has 3 rings (SSSR count). The summed E-state index contributed by atoms with van der Waals surface area (Å²) in [5.74, 6) is 0. The van der Waals surface area contributed by atoms with E-state index in [1.807, 2.05) is 0 Å². The number of hydrogen-bond donors (Lipinski definition) is 1. The molecule has 3 atom stereocenters. The Morgan fingerprint density at radius 1 is 1.06 bits per heavy atom. The maximum Gasteiger partial charge on any atom is 0.223 e. The van der Waals surface area contributed by atoms with E-state index in [0.717, 1.165) is 6.42 Å². The van der Waals surface area contributed by atoms with E-state index in [1.54, 1.807) is 0 Å². The zero-order valence-corrected chi connectivity index (χ0v) is 11.4. The molecule has 2 aliphatic carbocycles. The quantitative estimate of drug-likeness (QED) is 0.594. The van der Waals surface area contributed by atoms with Crippen molar-refractivity contribution in [1.82, 2.24) is 0 Å². The van der Waals surface area contributed by atoms with E-state index >= 15 is 0 Å². The highest BCUT2D eigenvalue weighted by Crippen LogP contribution is 2.57. The van der Waals surface area contributed by atoms with Gasteiger partial charge in [-0.05, 0) is 24.9 Å². The minimum atomic E-state index is -2.17. The van der Waals surface area contributed by atoms with Crippen LogP contribution in [0.1, 0.15) is 57.8 Å². The fourth-order valence-corrected chi connectivity index (χ4v) is 8.24. The number of epoxide rings is 1. The molecule has 1 saturated heterocycles. The van der Waals surface area contributed by atoms with Crippen LogP contribution < -0.4 is 0 Å². The van der Waals surface area contributed by atoms with Crippen molar-refractivity contribution in [3.63, 3.8) is 0 Å². The molecule has 0 amide bonds. The van der Waals surface area contributed by atoms with Crippen LogP contribution in [0.4, 0.5) is 0 Å². The monoisotopic (exact) mass is 240 g/mol. The second kappa shape index (κ2) is 3.82. The van der Waals surface area contributed by atoms with Gasteiger partial charge >= 0.3 is 0 Å². The van der Waals surface area contributed by atoms with Crippen LogP contribution in [-0.4, -0.2) is 24.4 Å². The van der Waals surface area contributed by atoms with Crippen molar-refractivity contribution in [3.05, 3.63) is 0 Å². The molecular weight excluding hydrogens is 216 g/mol. The van der Waals surface area contributed by atoms with Gasteiger partial charge in [0.05, 0.1) is 6.10 Å². The first-order valence-corrected chi connectivity index (χ1v) is 9.59. The molecular formula is C13H24O2Si. The van der Waals surface area contributed by atoms with Crippen LogP contribution in [0.2, 0.25) is 12.1 Å². The molecule has 3 fully saturated rings. The lowest BCUT2D eigenvalue weighted by molar-refractivity contribution is 0.300. The lowest BCUT2D eigenvalue weighted by atomic mass is 9.99. The maximum absolute atomic E-state index is 11.1. The van der Waals surface area contributed by atoms with Crippen molar-refractivity contribution in [2.24, 2.45) is 0 Å². The lowest BCUT2D eigenvalue weighted by Gasteiger charge is -2.39. The van der Waals surface area contributed by atoms with E-state index in [2.05, 4.69) is 6.55 Å². The van der Waals surface area contributed by atoms with E-state index in [0.29, 0.717) is 11.6 Å². The molecule has 0 unspecified atom stereocenters. The van der Waals surface area contributed by atoms with Crippen LogP contribution in [0.3, 0.4) is 0 Å². The Kier molecular flexibility index (Phi) is 2.68. The molecule has 2 nitrogen and oxygen atoms in total. The largest absolute Gasteiger partial charge is 0.429 e. The number of rotatable bonds is 2. The molecule has 3 heteroatoms. The fraction of sp³-hybridized carbons (Fsp3) is 1.00. The number of fused-ring (bicyclic) bond motifs is 1. The summed E-state index contributed by atoms with van der Waals surface area (Å²) in [4.78, 5) is 11.1. The van der Waals surface area contributed by atoms with Gasteiger partial charge in [0.1, 0.15) is 5.22 Å². The van der Waals surface area contributed by atoms with E-state index < -0.39 is 8.32 Å². The zero-order valence-electron chi connectivity index (χ0n) is 10.4. The molecule has 0 aromatic rings. The third-order valence-electron chi connectivity index (χ3n) is 5.34. The molecule has 16 heavy (non-hydrogen) atoms. The first kappa shape index (κ1) is 11.2. The van der Waals surface area contributed by atoms with E-state index in [-0.39, 0.29) is 5.22 Å². The summed E-state index contributed by atoms with van der Waals surface area (Å²) in [6.45, 7) is 2.19. The average molecular weight is 240 g/mol. The van der Waals surface area contributed by atoms with Gasteiger partial charge in [0.25, 0.3) is 0 Å². The topological polar surface area (TPSA) is 32.8 Å². The lowest BCUT2D eigenvalue weighted by Crippen LogP contribution is -2.54. The predicted octanol–water partition coefficient (Wildman–Crippen LogP) is 3.14. The SMILES string of the molecule is C[Si@](O)(C1CCCCC1)[C@@]12CCCC[C@@H]1O2. The molecule has 92 valence electrons. The third-order valence-corrected chi connectivity index (χ3v) is 9.91. The van der Waals surface area contributed by atoms with Crippen molar-refractivity contribution in [3.8, 4) is 0 Å². The minimum absolute atomic E-state index is 0.00669.